The Bertz CT molecular complexity index is 2920. The molecule has 0 aromatic carbocycles. The van der Waals surface area contributed by atoms with Gasteiger partial charge in [-0.25, -0.2) is 48.1 Å². The van der Waals surface area contributed by atoms with Gasteiger partial charge in [-0.1, -0.05) is 0 Å². The molecule has 2 bridgehead atoms. The number of H-pyrrole nitrogens is 2. The molecule has 22 heteroatoms. The van der Waals surface area contributed by atoms with Gasteiger partial charge in [-0.05, 0) is 83.5 Å². The van der Waals surface area contributed by atoms with E-state index in [0.29, 0.717) is 71.7 Å². The van der Waals surface area contributed by atoms with Crippen molar-refractivity contribution in [3.05, 3.63) is 60.2 Å². The summed E-state index contributed by atoms with van der Waals surface area (Å²) in [5.74, 6) is 2.17. The van der Waals surface area contributed by atoms with Gasteiger partial charge in [0.15, 0.2) is 17.1 Å². The predicted molar refractivity (Wildman–Crippen MR) is 242 cm³/mol. The van der Waals surface area contributed by atoms with E-state index < -0.39 is 42.7 Å². The van der Waals surface area contributed by atoms with Gasteiger partial charge in [0.25, 0.3) is 0 Å². The number of aromatic nitrogens is 10. The Hall–Kier alpha value is -6.58. The van der Waals surface area contributed by atoms with Gasteiger partial charge in [0.1, 0.15) is 24.6 Å². The van der Waals surface area contributed by atoms with Gasteiger partial charge in [-0.2, -0.15) is 10.1 Å². The van der Waals surface area contributed by atoms with Crippen molar-refractivity contribution in [1.29, 1.82) is 0 Å². The molecule has 7 aliphatic carbocycles. The van der Waals surface area contributed by atoms with Crippen molar-refractivity contribution in [2.45, 2.75) is 131 Å². The number of piperazine rings is 1. The number of hydrogen-bond acceptors (Lipinski definition) is 13. The highest BCUT2D eigenvalue weighted by molar-refractivity contribution is 5.72. The number of alkyl carbamates (subject to hydrolysis) is 2. The Balaban J connectivity index is 0.802. The van der Waals surface area contributed by atoms with Crippen LogP contribution in [0.1, 0.15) is 112 Å². The van der Waals surface area contributed by atoms with E-state index in [9.17, 15) is 9.59 Å². The lowest BCUT2D eigenvalue weighted by Crippen LogP contribution is -2.68. The van der Waals surface area contributed by atoms with Gasteiger partial charge in [0.05, 0.1) is 35.5 Å². The molecule has 0 spiro atoms. The smallest absolute Gasteiger partial charge is 0.407 e. The van der Waals surface area contributed by atoms with Crippen LogP contribution in [0.15, 0.2) is 43.1 Å². The zero-order valence-electron chi connectivity index (χ0n) is 37.7. The number of nitrogens with zero attached hydrogens (tertiary/aromatic N) is 9. The summed E-state index contributed by atoms with van der Waals surface area (Å²) in [7, 11) is 0. The number of aromatic amines is 2. The molecule has 7 N–H and O–H groups in total. The first kappa shape index (κ1) is 41.6. The Morgan fingerprint density at radius 3 is 2.41 bits per heavy atom. The van der Waals surface area contributed by atoms with Crippen molar-refractivity contribution in [3.63, 3.8) is 0 Å². The molecule has 6 aromatic heterocycles. The minimum atomic E-state index is -1.38. The van der Waals surface area contributed by atoms with Crippen LogP contribution in [-0.2, 0) is 9.47 Å². The van der Waals surface area contributed by atoms with Crippen LogP contribution in [0.3, 0.4) is 0 Å². The second-order valence-electron chi connectivity index (χ2n) is 20.6. The second-order valence-corrected chi connectivity index (χ2v) is 20.6. The molecule has 1 aliphatic heterocycles. The standard InChI is InChI=1S/C46H54F2N16O4/c1-45(6-7-45)56-43(65)68-35-15-26(14-28(35)47)29-17-37(55-42-51-21-32(39-50-10-13-62(39)42)61-11-8-49-9-12-61)64(60-29)33-22-52-41(63-23-31(25-2-3-25)53-40(33)63)54-36-16-30(58-59-36)27-4-5-34(38(27)48)67-44(66)57-46-18-24(19-46)20-46/h10,13,16-17,21-28,34-35,38,49H,2-9,11-12,14-15,18-20H2,1H3,(H5,50,51,52,53,54,55,56,57,58,59,60,65,66)/p+1/t24?,26-,27-,28+,34-,35-,38+,46?/m0/s1. The highest BCUT2D eigenvalue weighted by atomic mass is 19.1. The highest BCUT2D eigenvalue weighted by Crippen LogP contribution is 2.57. The van der Waals surface area contributed by atoms with E-state index in [1.165, 1.54) is 0 Å². The predicted octanol–water partition coefficient (Wildman–Crippen LogP) is 5.60. The highest BCUT2D eigenvalue weighted by Gasteiger charge is 2.58. The molecule has 20 nitrogen and oxygen atoms in total. The van der Waals surface area contributed by atoms with Crippen molar-refractivity contribution in [1.82, 2.24) is 60.0 Å². The zero-order valence-corrected chi connectivity index (χ0v) is 37.7. The Kier molecular flexibility index (Phi) is 9.63. The number of hydrogen-bond donors (Lipinski definition) is 7. The van der Waals surface area contributed by atoms with E-state index in [1.807, 2.05) is 45.1 Å². The maximum atomic E-state index is 15.9. The second kappa shape index (κ2) is 15.7. The van der Waals surface area contributed by atoms with Crippen LogP contribution in [0.2, 0.25) is 0 Å². The number of ether oxygens (including phenoxy) is 2. The monoisotopic (exact) mass is 933 g/mol. The summed E-state index contributed by atoms with van der Waals surface area (Å²) < 4.78 is 48.6. The number of anilines is 5. The first-order valence-electron chi connectivity index (χ1n) is 24.2. The zero-order chi connectivity index (χ0) is 45.9. The average Bonchev–Trinajstić information content (AvgIpc) is 3.73. The molecule has 2 amide bonds. The van der Waals surface area contributed by atoms with Crippen molar-refractivity contribution < 1.29 is 32.5 Å². The molecule has 0 unspecified atom stereocenters. The van der Waals surface area contributed by atoms with E-state index in [2.05, 4.69) is 46.8 Å². The topological polar surface area (TPSA) is 225 Å². The number of carbonyl (C=O) groups is 2. The fraction of sp³-hybridized carbons (Fsp3) is 0.565. The molecule has 14 rings (SSSR count). The van der Waals surface area contributed by atoms with Crippen LogP contribution in [0.25, 0.3) is 17.0 Å². The molecule has 0 radical (unpaired) electrons. The summed E-state index contributed by atoms with van der Waals surface area (Å²) >= 11 is 0. The van der Waals surface area contributed by atoms with Crippen LogP contribution >= 0.6 is 0 Å². The third-order valence-electron chi connectivity index (χ3n) is 15.5. The number of carbonyl (C=O) groups excluding carboxylic acids is 2. The number of amides is 2. The molecule has 68 heavy (non-hydrogen) atoms. The lowest BCUT2D eigenvalue weighted by atomic mass is 9.50. The van der Waals surface area contributed by atoms with Gasteiger partial charge in [0.2, 0.25) is 11.6 Å². The van der Waals surface area contributed by atoms with Crippen LogP contribution in [0, 0.1) is 5.92 Å². The van der Waals surface area contributed by atoms with E-state index in [-0.39, 0.29) is 23.4 Å². The van der Waals surface area contributed by atoms with Crippen molar-refractivity contribution in [2.75, 3.05) is 41.7 Å². The SMILES string of the molecule is CC1(NC(=O)O[C@H]2C[C@@H](c3cc(Nc4ncc(N5CCNCC5)c5nccn45)[n+](-c4cnc(Nc5cc([C@@H]6CC[C@H](OC(=O)NC78CC(C7)C8)[C@@H]6F)[nH]n5)n5cc(C6CC6)nc45)[nH]3)C[C@H]2F)CC1. The van der Waals surface area contributed by atoms with E-state index >= 15 is 8.78 Å². The molecule has 1 saturated heterocycles. The summed E-state index contributed by atoms with van der Waals surface area (Å²) in [6.45, 7) is 5.35. The molecule has 356 valence electrons. The lowest BCUT2D eigenvalue weighted by Gasteiger charge is -2.61. The minimum absolute atomic E-state index is 0.141. The van der Waals surface area contributed by atoms with Crippen molar-refractivity contribution >= 4 is 52.7 Å². The molecule has 8 aliphatic rings. The Morgan fingerprint density at radius 1 is 0.853 bits per heavy atom. The van der Waals surface area contributed by atoms with E-state index in [1.54, 1.807) is 18.5 Å². The van der Waals surface area contributed by atoms with E-state index in [0.717, 1.165) is 93.8 Å². The number of rotatable bonds is 13. The first-order valence-corrected chi connectivity index (χ1v) is 24.2. The van der Waals surface area contributed by atoms with Gasteiger partial charge in [-0.15, -0.1) is 4.68 Å². The summed E-state index contributed by atoms with van der Waals surface area (Å²) in [4.78, 5) is 47.4. The van der Waals surface area contributed by atoms with Crippen LogP contribution in [0.4, 0.5) is 47.6 Å². The number of imidazole rings is 2. The lowest BCUT2D eigenvalue weighted by molar-refractivity contribution is -0.640. The molecule has 6 aromatic rings. The molecule has 6 atom stereocenters. The molecular weight excluding hydrogens is 879 g/mol. The fourth-order valence-electron chi connectivity index (χ4n) is 11.1. The van der Waals surface area contributed by atoms with E-state index in [4.69, 9.17) is 29.4 Å². The number of halogens is 2. The van der Waals surface area contributed by atoms with Crippen LogP contribution in [-0.4, -0.2) is 118 Å². The van der Waals surface area contributed by atoms with Crippen molar-refractivity contribution in [3.8, 4) is 5.69 Å². The number of fused-ring (bicyclic) bond motifs is 2. The van der Waals surface area contributed by atoms with Gasteiger partial charge in [-0.3, -0.25) is 9.50 Å². The Morgan fingerprint density at radius 2 is 1.63 bits per heavy atom. The molecule has 8 fully saturated rings. The average molecular weight is 934 g/mol. The maximum absolute atomic E-state index is 15.9. The summed E-state index contributed by atoms with van der Waals surface area (Å²) in [6, 6.07) is 3.72. The van der Waals surface area contributed by atoms with Crippen molar-refractivity contribution in [2.24, 2.45) is 5.92 Å². The van der Waals surface area contributed by atoms with Gasteiger partial charge >= 0.3 is 24.0 Å². The molecule has 7 saturated carbocycles. The molecular formula is C46H55F2N16O4+. The quantitative estimate of drug-likeness (QED) is 0.0702. The third kappa shape index (κ3) is 7.50. The summed E-state index contributed by atoms with van der Waals surface area (Å²) in [6.07, 6.45) is 11.7. The largest absolute Gasteiger partial charge is 0.443 e. The molecule has 7 heterocycles. The fourth-order valence-corrected chi connectivity index (χ4v) is 11.1. The van der Waals surface area contributed by atoms with Crippen LogP contribution < -0.4 is 36.2 Å². The number of alkyl halides is 2. The third-order valence-corrected chi connectivity index (χ3v) is 15.5. The van der Waals surface area contributed by atoms with Gasteiger partial charge in [0, 0.05) is 85.4 Å². The summed E-state index contributed by atoms with van der Waals surface area (Å²) in [5.41, 5.74) is 4.71. The van der Waals surface area contributed by atoms with Gasteiger partial charge < -0.3 is 35.6 Å². The Labute approximate surface area is 388 Å². The maximum Gasteiger partial charge on any atom is 0.407 e. The minimum Gasteiger partial charge on any atom is -0.443 e. The summed E-state index contributed by atoms with van der Waals surface area (Å²) in [5, 5.41) is 27.2. The normalized spacial score (nSPS) is 29.1. The number of nitrogens with one attached hydrogen (secondary N) is 7. The van der Waals surface area contributed by atoms with Crippen LogP contribution in [0.5, 0.6) is 0 Å². The first-order chi connectivity index (χ1) is 33.0.